The molecule has 0 radical (unpaired) electrons. The van der Waals surface area contributed by atoms with Gasteiger partial charge in [0.2, 0.25) is 0 Å². The number of aryl methyl sites for hydroxylation is 2. The van der Waals surface area contributed by atoms with Gasteiger partial charge < -0.3 is 14.8 Å². The molecule has 2 amide bonds. The molecule has 0 saturated heterocycles. The van der Waals surface area contributed by atoms with E-state index in [1.807, 2.05) is 19.9 Å². The van der Waals surface area contributed by atoms with Crippen molar-refractivity contribution in [3.05, 3.63) is 99.7 Å². The summed E-state index contributed by atoms with van der Waals surface area (Å²) in [6.45, 7) is 3.83. The molecule has 182 valence electrons. The summed E-state index contributed by atoms with van der Waals surface area (Å²) in [5.74, 6) is -1.98. The average Bonchev–Trinajstić information content (AvgIpc) is 3.06. The number of hydrogen-bond donors (Lipinski definition) is 1. The lowest BCUT2D eigenvalue weighted by Gasteiger charge is -2.15. The molecule has 1 aliphatic rings. The van der Waals surface area contributed by atoms with Gasteiger partial charge in [0.15, 0.2) is 0 Å². The molecule has 3 aromatic rings. The summed E-state index contributed by atoms with van der Waals surface area (Å²) in [6, 6.07) is 17.5. The summed E-state index contributed by atoms with van der Waals surface area (Å²) in [4.78, 5) is 50.7. The first kappa shape index (κ1) is 24.7. The van der Waals surface area contributed by atoms with E-state index in [4.69, 9.17) is 16.3 Å². The Balaban J connectivity index is 1.47. The van der Waals surface area contributed by atoms with Crippen LogP contribution in [0.4, 0.5) is 11.4 Å². The Hall–Kier alpha value is -4.43. The van der Waals surface area contributed by atoms with Crippen LogP contribution in [-0.4, -0.2) is 30.9 Å². The molecule has 0 unspecified atom stereocenters. The Labute approximate surface area is 212 Å². The maximum Gasteiger partial charge on any atom is 0.343 e. The van der Waals surface area contributed by atoms with Crippen LogP contribution in [-0.2, 0) is 14.3 Å². The highest BCUT2D eigenvalue weighted by atomic mass is 35.5. The normalized spacial score (nSPS) is 13.2. The lowest BCUT2D eigenvalue weighted by atomic mass is 10.1. The van der Waals surface area contributed by atoms with Crippen molar-refractivity contribution in [3.8, 4) is 5.75 Å². The number of hydrogen-bond acceptors (Lipinski definition) is 7. The van der Waals surface area contributed by atoms with Gasteiger partial charge in [-0.1, -0.05) is 17.7 Å². The number of carbonyl (C=O) groups is 4. The number of esters is 2. The number of benzene rings is 3. The quantitative estimate of drug-likeness (QED) is 0.294. The maximum absolute atomic E-state index is 13.0. The second kappa shape index (κ2) is 10.1. The summed E-state index contributed by atoms with van der Waals surface area (Å²) in [5, 5.41) is 2.57. The molecule has 0 fully saturated rings. The fourth-order valence-electron chi connectivity index (χ4n) is 3.70. The Kier molecular flexibility index (Phi) is 6.89. The minimum atomic E-state index is -0.705. The molecule has 3 aromatic carbocycles. The van der Waals surface area contributed by atoms with Crippen LogP contribution in [0, 0.1) is 13.8 Å². The molecule has 0 spiro atoms. The minimum absolute atomic E-state index is 0.107. The Morgan fingerprint density at radius 1 is 0.806 bits per heavy atom. The van der Waals surface area contributed by atoms with E-state index in [1.165, 1.54) is 43.5 Å². The molecule has 9 heteroatoms. The monoisotopic (exact) mass is 504 g/mol. The third-order valence-corrected chi connectivity index (χ3v) is 5.72. The summed E-state index contributed by atoms with van der Waals surface area (Å²) < 4.78 is 10.1. The SMILES string of the molecule is COC(=O)c1ccc(N2C(=O)C(Cl)=C(Nc3ccc(C(=O)Oc4cc(C)cc(C)c4)cc3)C2=O)cc1. The van der Waals surface area contributed by atoms with Gasteiger partial charge in [0.25, 0.3) is 11.8 Å². The van der Waals surface area contributed by atoms with E-state index in [-0.39, 0.29) is 22.0 Å². The zero-order valence-electron chi connectivity index (χ0n) is 19.6. The van der Waals surface area contributed by atoms with Crippen molar-refractivity contribution in [2.45, 2.75) is 13.8 Å². The van der Waals surface area contributed by atoms with Crippen LogP contribution in [0.15, 0.2) is 77.5 Å². The fraction of sp³-hybridized carbons (Fsp3) is 0.111. The van der Waals surface area contributed by atoms with Gasteiger partial charge in [0.1, 0.15) is 16.5 Å². The number of carbonyl (C=O) groups excluding carboxylic acids is 4. The van der Waals surface area contributed by atoms with Crippen LogP contribution in [0.3, 0.4) is 0 Å². The van der Waals surface area contributed by atoms with Gasteiger partial charge in [-0.15, -0.1) is 0 Å². The van der Waals surface area contributed by atoms with Crippen molar-refractivity contribution >= 4 is 46.7 Å². The van der Waals surface area contributed by atoms with Gasteiger partial charge in [0, 0.05) is 5.69 Å². The van der Waals surface area contributed by atoms with E-state index in [0.29, 0.717) is 17.0 Å². The number of amides is 2. The van der Waals surface area contributed by atoms with Crippen LogP contribution in [0.5, 0.6) is 5.75 Å². The van der Waals surface area contributed by atoms with E-state index in [9.17, 15) is 19.2 Å². The van der Waals surface area contributed by atoms with E-state index in [1.54, 1.807) is 24.3 Å². The van der Waals surface area contributed by atoms with Crippen molar-refractivity contribution in [1.29, 1.82) is 0 Å². The lowest BCUT2D eigenvalue weighted by Crippen LogP contribution is -2.32. The number of nitrogens with zero attached hydrogens (tertiary/aromatic N) is 1. The molecule has 0 bridgehead atoms. The second-order valence-corrected chi connectivity index (χ2v) is 8.47. The lowest BCUT2D eigenvalue weighted by molar-refractivity contribution is -0.120. The molecule has 0 aliphatic carbocycles. The average molecular weight is 505 g/mol. The van der Waals surface area contributed by atoms with Crippen molar-refractivity contribution in [1.82, 2.24) is 0 Å². The van der Waals surface area contributed by atoms with E-state index in [2.05, 4.69) is 10.1 Å². The molecule has 0 saturated carbocycles. The van der Waals surface area contributed by atoms with Crippen LogP contribution < -0.4 is 15.0 Å². The molecule has 36 heavy (non-hydrogen) atoms. The predicted octanol–water partition coefficient (Wildman–Crippen LogP) is 4.74. The zero-order valence-corrected chi connectivity index (χ0v) is 20.4. The van der Waals surface area contributed by atoms with Crippen molar-refractivity contribution in [2.75, 3.05) is 17.3 Å². The number of rotatable bonds is 6. The van der Waals surface area contributed by atoms with Gasteiger partial charge in [-0.3, -0.25) is 9.59 Å². The first-order chi connectivity index (χ1) is 17.2. The molecule has 1 aliphatic heterocycles. The molecule has 8 nitrogen and oxygen atoms in total. The highest BCUT2D eigenvalue weighted by molar-refractivity contribution is 6.53. The number of imide groups is 1. The van der Waals surface area contributed by atoms with Gasteiger partial charge >= 0.3 is 11.9 Å². The minimum Gasteiger partial charge on any atom is -0.465 e. The number of halogens is 1. The predicted molar refractivity (Wildman–Crippen MR) is 134 cm³/mol. The van der Waals surface area contributed by atoms with Crippen molar-refractivity contribution in [3.63, 3.8) is 0 Å². The third-order valence-electron chi connectivity index (χ3n) is 5.37. The Bertz CT molecular complexity index is 1390. The standard InChI is InChI=1S/C27H21ClN2O6/c1-15-12-16(2)14-21(13-15)36-27(34)18-4-8-19(9-5-18)29-23-22(28)24(31)30(25(23)32)20-10-6-17(7-11-20)26(33)35-3/h4-14,29H,1-3H3. The third kappa shape index (κ3) is 4.99. The molecular formula is C27H21ClN2O6. The van der Waals surface area contributed by atoms with E-state index >= 15 is 0 Å². The summed E-state index contributed by atoms with van der Waals surface area (Å²) >= 11 is 6.18. The summed E-state index contributed by atoms with van der Waals surface area (Å²) in [6.07, 6.45) is 0. The van der Waals surface area contributed by atoms with Crippen LogP contribution >= 0.6 is 11.6 Å². The largest absolute Gasteiger partial charge is 0.465 e. The number of ether oxygens (including phenoxy) is 2. The van der Waals surface area contributed by atoms with Gasteiger partial charge in [-0.25, -0.2) is 14.5 Å². The molecular weight excluding hydrogens is 484 g/mol. The second-order valence-electron chi connectivity index (χ2n) is 8.09. The van der Waals surface area contributed by atoms with Crippen molar-refractivity contribution in [2.24, 2.45) is 0 Å². The highest BCUT2D eigenvalue weighted by Crippen LogP contribution is 2.30. The number of anilines is 2. The Morgan fingerprint density at radius 3 is 1.94 bits per heavy atom. The van der Waals surface area contributed by atoms with E-state index < -0.39 is 23.8 Å². The van der Waals surface area contributed by atoms with Gasteiger partial charge in [0.05, 0.1) is 23.9 Å². The smallest absolute Gasteiger partial charge is 0.343 e. The zero-order chi connectivity index (χ0) is 26.0. The van der Waals surface area contributed by atoms with Crippen molar-refractivity contribution < 1.29 is 28.7 Å². The van der Waals surface area contributed by atoms with Gasteiger partial charge in [-0.05, 0) is 85.6 Å². The first-order valence-electron chi connectivity index (χ1n) is 10.8. The number of methoxy groups -OCH3 is 1. The molecule has 0 aromatic heterocycles. The van der Waals surface area contributed by atoms with Crippen LogP contribution in [0.25, 0.3) is 0 Å². The van der Waals surface area contributed by atoms with Gasteiger partial charge in [-0.2, -0.15) is 0 Å². The highest BCUT2D eigenvalue weighted by Gasteiger charge is 2.39. The topological polar surface area (TPSA) is 102 Å². The molecule has 1 N–H and O–H groups in total. The van der Waals surface area contributed by atoms with Crippen LogP contribution in [0.2, 0.25) is 0 Å². The molecule has 4 rings (SSSR count). The summed E-state index contributed by atoms with van der Waals surface area (Å²) in [7, 11) is 1.26. The molecule has 1 heterocycles. The molecule has 0 atom stereocenters. The maximum atomic E-state index is 13.0. The van der Waals surface area contributed by atoms with Crippen LogP contribution in [0.1, 0.15) is 31.8 Å². The fourth-order valence-corrected chi connectivity index (χ4v) is 3.91. The number of nitrogens with one attached hydrogen (secondary N) is 1. The first-order valence-corrected chi connectivity index (χ1v) is 11.2. The summed E-state index contributed by atoms with van der Waals surface area (Å²) in [5.41, 5.74) is 3.12. The van der Waals surface area contributed by atoms with E-state index in [0.717, 1.165) is 16.0 Å². The Morgan fingerprint density at radius 2 is 1.36 bits per heavy atom.